The van der Waals surface area contributed by atoms with Gasteiger partial charge in [0, 0.05) is 33.3 Å². The largest absolute Gasteiger partial charge is 0.294 e. The molecule has 18 heavy (non-hydrogen) atoms. The highest BCUT2D eigenvalue weighted by molar-refractivity contribution is 9.10. The summed E-state index contributed by atoms with van der Waals surface area (Å²) in [4.78, 5) is 16.2. The Balaban J connectivity index is 2.24. The topological polar surface area (TPSA) is 30.0 Å². The van der Waals surface area contributed by atoms with Crippen molar-refractivity contribution in [1.29, 1.82) is 0 Å². The van der Waals surface area contributed by atoms with Crippen LogP contribution in [0.1, 0.15) is 15.9 Å². The van der Waals surface area contributed by atoms with Crippen molar-refractivity contribution < 1.29 is 4.79 Å². The summed E-state index contributed by atoms with van der Waals surface area (Å²) in [6.45, 7) is 0. The standard InChI is InChI=1S/C13H8Br2ClNO/c14-9-1-2-12(16)11(5-9)13(18)4-8-3-10(15)7-17-6-8/h1-3,5-7H,4H2. The molecule has 0 spiro atoms. The molecule has 0 aliphatic carbocycles. The Bertz CT molecular complexity index is 601. The maximum Gasteiger partial charge on any atom is 0.168 e. The molecule has 0 atom stereocenters. The summed E-state index contributed by atoms with van der Waals surface area (Å²) in [6, 6.07) is 7.12. The number of carbonyl (C=O) groups excluding carboxylic acids is 1. The Morgan fingerprint density at radius 2 is 1.94 bits per heavy atom. The molecule has 0 saturated carbocycles. The number of nitrogens with zero attached hydrogens (tertiary/aromatic N) is 1. The lowest BCUT2D eigenvalue weighted by Crippen LogP contribution is -2.04. The fraction of sp³-hybridized carbons (Fsp3) is 0.0769. The average molecular weight is 389 g/mol. The van der Waals surface area contributed by atoms with Gasteiger partial charge in [-0.05, 0) is 45.8 Å². The van der Waals surface area contributed by atoms with E-state index in [-0.39, 0.29) is 12.2 Å². The quantitative estimate of drug-likeness (QED) is 0.713. The lowest BCUT2D eigenvalue weighted by atomic mass is 10.0. The SMILES string of the molecule is O=C(Cc1cncc(Br)c1)c1cc(Br)ccc1Cl. The van der Waals surface area contributed by atoms with Crippen LogP contribution in [0.3, 0.4) is 0 Å². The molecule has 92 valence electrons. The van der Waals surface area contributed by atoms with Gasteiger partial charge in [-0.2, -0.15) is 0 Å². The van der Waals surface area contributed by atoms with Crippen LogP contribution in [0, 0.1) is 0 Å². The van der Waals surface area contributed by atoms with E-state index in [9.17, 15) is 4.79 Å². The molecule has 0 saturated heterocycles. The van der Waals surface area contributed by atoms with Crippen molar-refractivity contribution in [2.75, 3.05) is 0 Å². The molecule has 1 aromatic heterocycles. The molecule has 0 aliphatic heterocycles. The van der Waals surface area contributed by atoms with Crippen molar-refractivity contribution in [2.45, 2.75) is 6.42 Å². The molecule has 0 unspecified atom stereocenters. The van der Waals surface area contributed by atoms with Crippen LogP contribution in [0.5, 0.6) is 0 Å². The predicted octanol–water partition coefficient (Wildman–Crippen LogP) is 4.69. The van der Waals surface area contributed by atoms with E-state index >= 15 is 0 Å². The smallest absolute Gasteiger partial charge is 0.168 e. The van der Waals surface area contributed by atoms with Crippen molar-refractivity contribution in [1.82, 2.24) is 4.98 Å². The van der Waals surface area contributed by atoms with Gasteiger partial charge in [0.1, 0.15) is 0 Å². The molecule has 2 rings (SSSR count). The van der Waals surface area contributed by atoms with Crippen molar-refractivity contribution >= 4 is 49.2 Å². The first kappa shape index (κ1) is 13.7. The van der Waals surface area contributed by atoms with Gasteiger partial charge in [0.25, 0.3) is 0 Å². The maximum absolute atomic E-state index is 12.2. The number of pyridine rings is 1. The summed E-state index contributed by atoms with van der Waals surface area (Å²) in [5, 5.41) is 0.464. The minimum Gasteiger partial charge on any atom is -0.294 e. The van der Waals surface area contributed by atoms with Crippen LogP contribution in [-0.4, -0.2) is 10.8 Å². The Hall–Kier alpha value is -0.710. The third-order valence-corrected chi connectivity index (χ3v) is 3.61. The first-order chi connectivity index (χ1) is 8.56. The fourth-order valence-electron chi connectivity index (χ4n) is 1.54. The minimum atomic E-state index is -0.0267. The monoisotopic (exact) mass is 387 g/mol. The Kier molecular flexibility index (Phi) is 4.54. The van der Waals surface area contributed by atoms with Gasteiger partial charge < -0.3 is 0 Å². The van der Waals surface area contributed by atoms with E-state index in [2.05, 4.69) is 36.8 Å². The van der Waals surface area contributed by atoms with Crippen molar-refractivity contribution in [3.05, 3.63) is 61.8 Å². The van der Waals surface area contributed by atoms with Gasteiger partial charge in [0.05, 0.1) is 5.02 Å². The zero-order chi connectivity index (χ0) is 13.1. The fourth-order valence-corrected chi connectivity index (χ4v) is 2.54. The highest BCUT2D eigenvalue weighted by Crippen LogP contribution is 2.23. The summed E-state index contributed by atoms with van der Waals surface area (Å²) in [6.07, 6.45) is 3.64. The predicted molar refractivity (Wildman–Crippen MR) is 79.1 cm³/mol. The van der Waals surface area contributed by atoms with Crippen molar-refractivity contribution in [3.63, 3.8) is 0 Å². The first-order valence-electron chi connectivity index (χ1n) is 5.14. The highest BCUT2D eigenvalue weighted by atomic mass is 79.9. The summed E-state index contributed by atoms with van der Waals surface area (Å²) >= 11 is 12.7. The van der Waals surface area contributed by atoms with E-state index in [4.69, 9.17) is 11.6 Å². The molecule has 0 bridgehead atoms. The van der Waals surface area contributed by atoms with Crippen LogP contribution in [0.2, 0.25) is 5.02 Å². The number of halogens is 3. The molecule has 0 N–H and O–H groups in total. The van der Waals surface area contributed by atoms with Gasteiger partial charge in [0.15, 0.2) is 5.78 Å². The second-order valence-electron chi connectivity index (χ2n) is 3.74. The van der Waals surface area contributed by atoms with Gasteiger partial charge in [-0.1, -0.05) is 27.5 Å². The maximum atomic E-state index is 12.2. The lowest BCUT2D eigenvalue weighted by molar-refractivity contribution is 0.0993. The van der Waals surface area contributed by atoms with Crippen molar-refractivity contribution in [3.8, 4) is 0 Å². The third kappa shape index (κ3) is 3.40. The van der Waals surface area contributed by atoms with E-state index in [1.54, 1.807) is 30.6 Å². The van der Waals surface area contributed by atoms with E-state index in [0.717, 1.165) is 14.5 Å². The number of Topliss-reactive ketones (excluding diaryl/α,β-unsaturated/α-hetero) is 1. The Morgan fingerprint density at radius 3 is 2.67 bits per heavy atom. The molecule has 2 nitrogen and oxygen atoms in total. The van der Waals surface area contributed by atoms with Crippen LogP contribution in [-0.2, 0) is 6.42 Å². The van der Waals surface area contributed by atoms with Gasteiger partial charge in [-0.3, -0.25) is 9.78 Å². The van der Waals surface area contributed by atoms with E-state index in [1.807, 2.05) is 6.07 Å². The Labute approximate surface area is 127 Å². The normalized spacial score (nSPS) is 10.4. The molecule has 0 radical (unpaired) electrons. The summed E-state index contributed by atoms with van der Waals surface area (Å²) < 4.78 is 1.69. The summed E-state index contributed by atoms with van der Waals surface area (Å²) in [5.41, 5.74) is 1.37. The second-order valence-corrected chi connectivity index (χ2v) is 5.97. The van der Waals surface area contributed by atoms with Crippen LogP contribution in [0.25, 0.3) is 0 Å². The molecule has 0 aliphatic rings. The molecule has 5 heteroatoms. The molecule has 0 amide bonds. The van der Waals surface area contributed by atoms with E-state index in [0.29, 0.717) is 10.6 Å². The second kappa shape index (κ2) is 5.95. The van der Waals surface area contributed by atoms with Crippen LogP contribution in [0.4, 0.5) is 0 Å². The number of hydrogen-bond acceptors (Lipinski definition) is 2. The number of rotatable bonds is 3. The number of benzene rings is 1. The first-order valence-corrected chi connectivity index (χ1v) is 7.10. The average Bonchev–Trinajstić information content (AvgIpc) is 2.32. The zero-order valence-corrected chi connectivity index (χ0v) is 13.1. The molecule has 0 fully saturated rings. The number of aromatic nitrogens is 1. The summed E-state index contributed by atoms with van der Waals surface area (Å²) in [7, 11) is 0. The summed E-state index contributed by atoms with van der Waals surface area (Å²) in [5.74, 6) is -0.0267. The highest BCUT2D eigenvalue weighted by Gasteiger charge is 2.12. The lowest BCUT2D eigenvalue weighted by Gasteiger charge is -2.04. The van der Waals surface area contributed by atoms with E-state index < -0.39 is 0 Å². The zero-order valence-electron chi connectivity index (χ0n) is 9.16. The van der Waals surface area contributed by atoms with Crippen LogP contribution < -0.4 is 0 Å². The van der Waals surface area contributed by atoms with Crippen molar-refractivity contribution in [2.24, 2.45) is 0 Å². The van der Waals surface area contributed by atoms with Gasteiger partial charge >= 0.3 is 0 Å². The minimum absolute atomic E-state index is 0.0267. The van der Waals surface area contributed by atoms with Crippen LogP contribution >= 0.6 is 43.5 Å². The number of hydrogen-bond donors (Lipinski definition) is 0. The van der Waals surface area contributed by atoms with Gasteiger partial charge in [-0.15, -0.1) is 0 Å². The molecule has 1 heterocycles. The molecular weight excluding hydrogens is 381 g/mol. The number of ketones is 1. The Morgan fingerprint density at radius 1 is 1.17 bits per heavy atom. The van der Waals surface area contributed by atoms with Gasteiger partial charge in [-0.25, -0.2) is 0 Å². The van der Waals surface area contributed by atoms with E-state index in [1.165, 1.54) is 0 Å². The molecule has 2 aromatic rings. The molecule has 1 aromatic carbocycles. The number of carbonyl (C=O) groups is 1. The van der Waals surface area contributed by atoms with Crippen LogP contribution in [0.15, 0.2) is 45.6 Å². The third-order valence-electron chi connectivity index (χ3n) is 2.36. The van der Waals surface area contributed by atoms with Gasteiger partial charge in [0.2, 0.25) is 0 Å². The molecular formula is C13H8Br2ClNO.